The molecule has 1 N–H and O–H groups in total. The van der Waals surface area contributed by atoms with E-state index in [9.17, 15) is 0 Å². The molecule has 0 atom stereocenters. The Balaban J connectivity index is 0.00000361. The predicted molar refractivity (Wildman–Crippen MR) is 85.8 cm³/mol. The summed E-state index contributed by atoms with van der Waals surface area (Å²) in [6, 6.07) is 0. The van der Waals surface area contributed by atoms with Gasteiger partial charge in [-0.05, 0) is 31.6 Å². The van der Waals surface area contributed by atoms with Crippen molar-refractivity contribution >= 4 is 0 Å². The lowest BCUT2D eigenvalue weighted by Gasteiger charge is -2.27. The van der Waals surface area contributed by atoms with Crippen molar-refractivity contribution in [1.29, 1.82) is 0 Å². The smallest absolute Gasteiger partial charge is 0.0773 e. The zero-order valence-electron chi connectivity index (χ0n) is 14.1. The molecule has 1 fully saturated rings. The first-order valence-electron chi connectivity index (χ1n) is 9.16. The van der Waals surface area contributed by atoms with Gasteiger partial charge in [0, 0.05) is 0 Å². The first kappa shape index (κ1) is 20.2. The molecule has 0 aliphatic carbocycles. The number of piperidine rings is 1. The highest BCUT2D eigenvalue weighted by Gasteiger charge is 2.17. The Morgan fingerprint density at radius 2 is 1.20 bits per heavy atom. The summed E-state index contributed by atoms with van der Waals surface area (Å²) in [6.45, 7) is 9.04. The Hall–Kier alpha value is 0.250. The molecule has 0 radical (unpaired) electrons. The van der Waals surface area contributed by atoms with E-state index in [1.807, 2.05) is 4.90 Å². The Kier molecular flexibility index (Phi) is 14.4. The van der Waals surface area contributed by atoms with Gasteiger partial charge in [0.15, 0.2) is 0 Å². The molecule has 20 heavy (non-hydrogen) atoms. The summed E-state index contributed by atoms with van der Waals surface area (Å²) in [5.74, 6) is 0.997. The fourth-order valence-electron chi connectivity index (χ4n) is 3.28. The average Bonchev–Trinajstić information content (AvgIpc) is 2.43. The number of hydrogen-bond acceptors (Lipinski definition) is 0. The van der Waals surface area contributed by atoms with Crippen LogP contribution in [-0.4, -0.2) is 19.6 Å². The Morgan fingerprint density at radius 1 is 0.750 bits per heavy atom. The van der Waals surface area contributed by atoms with E-state index in [-0.39, 0.29) is 12.4 Å². The molecular formula is C18H38ClN. The van der Waals surface area contributed by atoms with Crippen LogP contribution in [0.15, 0.2) is 0 Å². The van der Waals surface area contributed by atoms with Gasteiger partial charge in [0.2, 0.25) is 0 Å². The van der Waals surface area contributed by atoms with E-state index in [4.69, 9.17) is 0 Å². The molecule has 1 heterocycles. The number of rotatable bonds is 11. The molecule has 122 valence electrons. The molecule has 0 amide bonds. The second kappa shape index (κ2) is 14.2. The summed E-state index contributed by atoms with van der Waals surface area (Å²) < 4.78 is 0. The summed E-state index contributed by atoms with van der Waals surface area (Å²) in [7, 11) is 0. The van der Waals surface area contributed by atoms with E-state index in [1.54, 1.807) is 0 Å². The zero-order chi connectivity index (χ0) is 13.8. The van der Waals surface area contributed by atoms with Crippen LogP contribution < -0.4 is 17.3 Å². The highest BCUT2D eigenvalue weighted by molar-refractivity contribution is 4.56. The Labute approximate surface area is 134 Å². The van der Waals surface area contributed by atoms with Gasteiger partial charge in [-0.15, -0.1) is 0 Å². The summed E-state index contributed by atoms with van der Waals surface area (Å²) in [6.07, 6.45) is 17.6. The molecule has 0 bridgehead atoms. The van der Waals surface area contributed by atoms with Gasteiger partial charge >= 0.3 is 0 Å². The maximum atomic E-state index is 2.41. The summed E-state index contributed by atoms with van der Waals surface area (Å²) >= 11 is 0. The normalized spacial score (nSPS) is 22.5. The van der Waals surface area contributed by atoms with E-state index in [0.29, 0.717) is 0 Å². The van der Waals surface area contributed by atoms with E-state index in [1.165, 1.54) is 96.7 Å². The molecule has 0 aromatic rings. The van der Waals surface area contributed by atoms with Crippen molar-refractivity contribution in [2.24, 2.45) is 5.92 Å². The lowest BCUT2D eigenvalue weighted by molar-refractivity contribution is -0.906. The SMILES string of the molecule is CCCCCCCCCCCC[NH+]1CCC(C)CC1.[Cl-]. The Morgan fingerprint density at radius 3 is 1.70 bits per heavy atom. The van der Waals surface area contributed by atoms with Gasteiger partial charge in [0.05, 0.1) is 19.6 Å². The number of nitrogens with one attached hydrogen (secondary N) is 1. The van der Waals surface area contributed by atoms with Crippen molar-refractivity contribution in [1.82, 2.24) is 0 Å². The van der Waals surface area contributed by atoms with Crippen LogP contribution in [0.3, 0.4) is 0 Å². The highest BCUT2D eigenvalue weighted by atomic mass is 35.5. The largest absolute Gasteiger partial charge is 1.00 e. The fourth-order valence-corrected chi connectivity index (χ4v) is 3.28. The topological polar surface area (TPSA) is 4.44 Å². The minimum Gasteiger partial charge on any atom is -1.00 e. The minimum absolute atomic E-state index is 0. The monoisotopic (exact) mass is 303 g/mol. The van der Waals surface area contributed by atoms with E-state index in [0.717, 1.165) is 5.92 Å². The van der Waals surface area contributed by atoms with Gasteiger partial charge in [-0.2, -0.15) is 0 Å². The second-order valence-corrected chi connectivity index (χ2v) is 6.86. The van der Waals surface area contributed by atoms with Crippen molar-refractivity contribution < 1.29 is 17.3 Å². The van der Waals surface area contributed by atoms with Crippen LogP contribution in [-0.2, 0) is 0 Å². The molecule has 1 nitrogen and oxygen atoms in total. The lowest BCUT2D eigenvalue weighted by atomic mass is 9.99. The number of halogens is 1. The highest BCUT2D eigenvalue weighted by Crippen LogP contribution is 2.10. The molecule has 0 aromatic carbocycles. The molecule has 0 unspecified atom stereocenters. The van der Waals surface area contributed by atoms with Gasteiger partial charge in [0.1, 0.15) is 0 Å². The van der Waals surface area contributed by atoms with E-state index >= 15 is 0 Å². The zero-order valence-corrected chi connectivity index (χ0v) is 14.8. The van der Waals surface area contributed by atoms with E-state index in [2.05, 4.69) is 13.8 Å². The van der Waals surface area contributed by atoms with Crippen LogP contribution in [0.1, 0.15) is 90.9 Å². The minimum atomic E-state index is 0. The number of unbranched alkanes of at least 4 members (excludes halogenated alkanes) is 9. The van der Waals surface area contributed by atoms with Gasteiger partial charge in [0.25, 0.3) is 0 Å². The molecule has 1 aliphatic heterocycles. The first-order chi connectivity index (χ1) is 9.33. The molecule has 2 heteroatoms. The van der Waals surface area contributed by atoms with Crippen LogP contribution in [0.5, 0.6) is 0 Å². The average molecular weight is 304 g/mol. The molecule has 1 saturated heterocycles. The summed E-state index contributed by atoms with van der Waals surface area (Å²) in [5.41, 5.74) is 0. The van der Waals surface area contributed by atoms with Gasteiger partial charge in [-0.1, -0.05) is 65.2 Å². The number of hydrogen-bond donors (Lipinski definition) is 1. The predicted octanol–water partition coefficient (Wildman–Crippen LogP) is 1.23. The van der Waals surface area contributed by atoms with Crippen LogP contribution in [0.2, 0.25) is 0 Å². The fraction of sp³-hybridized carbons (Fsp3) is 1.00. The van der Waals surface area contributed by atoms with Crippen LogP contribution in [0.25, 0.3) is 0 Å². The van der Waals surface area contributed by atoms with E-state index < -0.39 is 0 Å². The van der Waals surface area contributed by atoms with Crippen molar-refractivity contribution in [3.05, 3.63) is 0 Å². The van der Waals surface area contributed by atoms with Crippen molar-refractivity contribution in [3.8, 4) is 0 Å². The van der Waals surface area contributed by atoms with Crippen LogP contribution in [0.4, 0.5) is 0 Å². The summed E-state index contributed by atoms with van der Waals surface area (Å²) in [4.78, 5) is 1.89. The van der Waals surface area contributed by atoms with Crippen molar-refractivity contribution in [2.45, 2.75) is 90.9 Å². The standard InChI is InChI=1S/C18H37N.ClH/c1-3-4-5-6-7-8-9-10-11-12-15-19-16-13-18(2)14-17-19;/h18H,3-17H2,1-2H3;1H. The van der Waals surface area contributed by atoms with Crippen LogP contribution in [0, 0.1) is 5.92 Å². The van der Waals surface area contributed by atoms with Gasteiger partial charge in [-0.25, -0.2) is 0 Å². The van der Waals surface area contributed by atoms with Gasteiger partial charge < -0.3 is 17.3 Å². The number of quaternary nitrogens is 1. The van der Waals surface area contributed by atoms with Crippen molar-refractivity contribution in [2.75, 3.05) is 19.6 Å². The van der Waals surface area contributed by atoms with Crippen LogP contribution >= 0.6 is 0 Å². The molecule has 1 rings (SSSR count). The molecule has 0 aromatic heterocycles. The first-order valence-corrected chi connectivity index (χ1v) is 9.16. The number of likely N-dealkylation sites (tertiary alicyclic amines) is 1. The molecule has 0 saturated carbocycles. The Bertz CT molecular complexity index is 188. The third kappa shape index (κ3) is 11.0. The maximum absolute atomic E-state index is 2.41. The lowest BCUT2D eigenvalue weighted by Crippen LogP contribution is -3.13. The van der Waals surface area contributed by atoms with Crippen molar-refractivity contribution in [3.63, 3.8) is 0 Å². The third-order valence-corrected chi connectivity index (χ3v) is 4.87. The third-order valence-electron chi connectivity index (χ3n) is 4.87. The van der Waals surface area contributed by atoms with Gasteiger partial charge in [-0.3, -0.25) is 0 Å². The maximum Gasteiger partial charge on any atom is 0.0773 e. The second-order valence-electron chi connectivity index (χ2n) is 6.86. The summed E-state index contributed by atoms with van der Waals surface area (Å²) in [5, 5.41) is 0. The quantitative estimate of drug-likeness (QED) is 0.548. The molecule has 1 aliphatic rings. The molecule has 0 spiro atoms. The molecular weight excluding hydrogens is 266 g/mol.